The Bertz CT molecular complexity index is 2070. The average molecular weight is 742 g/mol. The van der Waals surface area contributed by atoms with E-state index in [1.165, 1.54) is 21.9 Å². The fraction of sp³-hybridized carbons (Fsp3) is 0.211. The monoisotopic (exact) mass is 740 g/mol. The fourth-order valence-corrected chi connectivity index (χ4v) is 9.42. The maximum absolute atomic E-state index is 15.2. The van der Waals surface area contributed by atoms with E-state index in [0.717, 1.165) is 10.0 Å². The van der Waals surface area contributed by atoms with E-state index in [0.29, 0.717) is 27.5 Å². The Balaban J connectivity index is 1.36. The number of carbonyl (C=O) groups is 4. The maximum Gasteiger partial charge on any atom is 0.246 e. The average Bonchev–Trinajstić information content (AvgIpc) is 3.46. The van der Waals surface area contributed by atoms with Gasteiger partial charge < -0.3 is 5.11 Å². The number of benzene rings is 4. The number of allylic oxidation sites excluding steroid dienone is 2. The molecule has 4 aromatic rings. The zero-order chi connectivity index (χ0) is 33.5. The van der Waals surface area contributed by atoms with E-state index < -0.39 is 46.8 Å². The highest BCUT2D eigenvalue weighted by atomic mass is 79.9. The quantitative estimate of drug-likeness (QED) is 0.170. The van der Waals surface area contributed by atoms with Crippen molar-refractivity contribution in [3.8, 4) is 5.75 Å². The molecule has 48 heavy (non-hydrogen) atoms. The Labute approximate surface area is 294 Å². The summed E-state index contributed by atoms with van der Waals surface area (Å²) < 4.78 is 0.818. The van der Waals surface area contributed by atoms with Crippen LogP contribution in [0.1, 0.15) is 29.9 Å². The van der Waals surface area contributed by atoms with Crippen molar-refractivity contribution in [2.45, 2.75) is 24.2 Å². The van der Waals surface area contributed by atoms with Gasteiger partial charge in [-0.1, -0.05) is 93.2 Å². The Kier molecular flexibility index (Phi) is 7.40. The molecular weight excluding hydrogens is 715 g/mol. The number of nitrogens with zero attached hydrogens (tertiary/aromatic N) is 2. The Hall–Kier alpha value is -4.24. The minimum atomic E-state index is -1.45. The molecule has 6 unspecified atom stereocenters. The molecule has 4 aromatic carbocycles. The van der Waals surface area contributed by atoms with E-state index in [1.807, 2.05) is 36.4 Å². The highest BCUT2D eigenvalue weighted by Gasteiger charge is 2.70. The molecule has 6 atom stereocenters. The number of carbonyl (C=O) groups excluding carboxylic acids is 4. The first-order valence-electron chi connectivity index (χ1n) is 15.6. The predicted octanol–water partition coefficient (Wildman–Crippen LogP) is 7.83. The summed E-state index contributed by atoms with van der Waals surface area (Å²) in [6.45, 7) is 0. The highest BCUT2D eigenvalue weighted by Crippen LogP contribution is 2.65. The lowest BCUT2D eigenvalue weighted by atomic mass is 9.49. The van der Waals surface area contributed by atoms with Crippen LogP contribution in [-0.2, 0) is 24.6 Å². The van der Waals surface area contributed by atoms with Crippen molar-refractivity contribution in [3.05, 3.63) is 134 Å². The van der Waals surface area contributed by atoms with Gasteiger partial charge in [0.15, 0.2) is 0 Å². The number of fused-ring (bicyclic) bond motifs is 4. The van der Waals surface area contributed by atoms with Crippen LogP contribution in [0.25, 0.3) is 0 Å². The number of halogens is 3. The third-order valence-corrected chi connectivity index (χ3v) is 11.6. The minimum absolute atomic E-state index is 0.0461. The van der Waals surface area contributed by atoms with E-state index in [-0.39, 0.29) is 35.4 Å². The molecule has 0 bridgehead atoms. The molecule has 2 saturated heterocycles. The lowest BCUT2D eigenvalue weighted by molar-refractivity contribution is -0.127. The van der Waals surface area contributed by atoms with Crippen molar-refractivity contribution in [2.24, 2.45) is 23.7 Å². The second kappa shape index (κ2) is 11.4. The van der Waals surface area contributed by atoms with Crippen LogP contribution in [-0.4, -0.2) is 28.7 Å². The van der Waals surface area contributed by atoms with Crippen LogP contribution < -0.4 is 9.80 Å². The first kappa shape index (κ1) is 31.1. The highest BCUT2D eigenvalue weighted by molar-refractivity contribution is 9.10. The first-order chi connectivity index (χ1) is 23.1. The van der Waals surface area contributed by atoms with E-state index >= 15 is 4.79 Å². The lowest BCUT2D eigenvalue weighted by Gasteiger charge is -2.51. The van der Waals surface area contributed by atoms with Gasteiger partial charge >= 0.3 is 0 Å². The SMILES string of the molecule is O=C1C2CC=C3C(CC4C(=O)N(c5cccc(Cl)c5)C(=O)C4(c4ccccc4)C3c3ccc(O)cc3Cl)C2C(=O)N1c1ccc(Br)cc1. The summed E-state index contributed by atoms with van der Waals surface area (Å²) in [4.78, 5) is 60.8. The van der Waals surface area contributed by atoms with Crippen molar-refractivity contribution in [3.63, 3.8) is 0 Å². The number of amides is 4. The Morgan fingerprint density at radius 2 is 1.50 bits per heavy atom. The van der Waals surface area contributed by atoms with Crippen LogP contribution in [0, 0.1) is 23.7 Å². The van der Waals surface area contributed by atoms with Crippen molar-refractivity contribution >= 4 is 74.1 Å². The van der Waals surface area contributed by atoms with Gasteiger partial charge in [-0.3, -0.25) is 24.1 Å². The second-order valence-corrected chi connectivity index (χ2v) is 14.5. The van der Waals surface area contributed by atoms with Gasteiger partial charge in [0.2, 0.25) is 23.6 Å². The smallest absolute Gasteiger partial charge is 0.246 e. The number of phenols is 1. The molecule has 2 aliphatic carbocycles. The van der Waals surface area contributed by atoms with Crippen LogP contribution >= 0.6 is 39.1 Å². The van der Waals surface area contributed by atoms with Crippen molar-refractivity contribution < 1.29 is 24.3 Å². The number of rotatable bonds is 4. The van der Waals surface area contributed by atoms with Crippen molar-refractivity contribution in [1.82, 2.24) is 0 Å². The summed E-state index contributed by atoms with van der Waals surface area (Å²) in [6.07, 6.45) is 2.44. The van der Waals surface area contributed by atoms with E-state index in [9.17, 15) is 19.5 Å². The Morgan fingerprint density at radius 3 is 2.21 bits per heavy atom. The molecule has 2 heterocycles. The molecule has 8 rings (SSSR count). The molecule has 240 valence electrons. The van der Waals surface area contributed by atoms with Crippen molar-refractivity contribution in [2.75, 3.05) is 9.80 Å². The zero-order valence-corrected chi connectivity index (χ0v) is 28.3. The maximum atomic E-state index is 15.2. The van der Waals surface area contributed by atoms with E-state index in [1.54, 1.807) is 54.6 Å². The van der Waals surface area contributed by atoms with Gasteiger partial charge in [-0.25, -0.2) is 4.90 Å². The summed E-state index contributed by atoms with van der Waals surface area (Å²) in [5, 5.41) is 11.0. The standard InChI is InChI=1S/C38H27BrCl2N2O5/c39-21-9-11-23(12-10-21)42-34(45)28-16-15-26-29(32(28)36(42)47)19-30-35(46)43(24-8-4-7-22(40)17-24)37(48)38(30,20-5-2-1-3-6-20)33(26)27-14-13-25(44)18-31(27)41/h1-15,17-18,28-30,32-33,44H,16,19H2. The van der Waals surface area contributed by atoms with Crippen LogP contribution in [0.15, 0.2) is 113 Å². The van der Waals surface area contributed by atoms with Gasteiger partial charge in [0, 0.05) is 20.4 Å². The molecule has 10 heteroatoms. The van der Waals surface area contributed by atoms with Crippen LogP contribution in [0.3, 0.4) is 0 Å². The molecule has 4 aliphatic rings. The third kappa shape index (κ3) is 4.39. The summed E-state index contributed by atoms with van der Waals surface area (Å²) in [7, 11) is 0. The molecule has 2 aliphatic heterocycles. The fourth-order valence-electron chi connectivity index (χ4n) is 8.68. The topological polar surface area (TPSA) is 95.0 Å². The minimum Gasteiger partial charge on any atom is -0.508 e. The summed E-state index contributed by atoms with van der Waals surface area (Å²) in [6, 6.07) is 27.5. The number of phenolic OH excluding ortho intramolecular Hbond substituents is 1. The molecule has 3 fully saturated rings. The lowest BCUT2D eigenvalue weighted by Crippen LogP contribution is -2.53. The summed E-state index contributed by atoms with van der Waals surface area (Å²) in [5.41, 5.74) is 1.36. The third-order valence-electron chi connectivity index (χ3n) is 10.5. The van der Waals surface area contributed by atoms with Gasteiger partial charge in [0.05, 0.1) is 34.5 Å². The van der Waals surface area contributed by atoms with Gasteiger partial charge in [0.1, 0.15) is 5.75 Å². The first-order valence-corrected chi connectivity index (χ1v) is 17.2. The molecule has 4 amide bonds. The largest absolute Gasteiger partial charge is 0.508 e. The zero-order valence-electron chi connectivity index (χ0n) is 25.2. The molecule has 0 spiro atoms. The van der Waals surface area contributed by atoms with Crippen LogP contribution in [0.5, 0.6) is 5.75 Å². The summed E-state index contributed by atoms with van der Waals surface area (Å²) >= 11 is 16.7. The van der Waals surface area contributed by atoms with Gasteiger partial charge in [-0.2, -0.15) is 0 Å². The normalized spacial score (nSPS) is 27.9. The number of hydrogen-bond acceptors (Lipinski definition) is 5. The van der Waals surface area contributed by atoms with E-state index in [2.05, 4.69) is 15.9 Å². The molecule has 0 radical (unpaired) electrons. The predicted molar refractivity (Wildman–Crippen MR) is 186 cm³/mol. The van der Waals surface area contributed by atoms with Crippen LogP contribution in [0.2, 0.25) is 10.0 Å². The number of imide groups is 2. The Morgan fingerprint density at radius 1 is 0.750 bits per heavy atom. The van der Waals surface area contributed by atoms with Gasteiger partial charge in [0.25, 0.3) is 0 Å². The van der Waals surface area contributed by atoms with Crippen LogP contribution in [0.4, 0.5) is 11.4 Å². The van der Waals surface area contributed by atoms with Gasteiger partial charge in [-0.15, -0.1) is 0 Å². The molecule has 1 N–H and O–H groups in total. The number of anilines is 2. The second-order valence-electron chi connectivity index (χ2n) is 12.8. The molecular formula is C38H27BrCl2N2O5. The molecule has 1 saturated carbocycles. The number of hydrogen-bond donors (Lipinski definition) is 1. The molecule has 7 nitrogen and oxygen atoms in total. The molecule has 0 aromatic heterocycles. The van der Waals surface area contributed by atoms with Gasteiger partial charge in [-0.05, 0) is 84.5 Å². The number of aromatic hydroxyl groups is 1. The summed E-state index contributed by atoms with van der Waals surface area (Å²) in [5.74, 6) is -5.08. The van der Waals surface area contributed by atoms with Crippen molar-refractivity contribution in [1.29, 1.82) is 0 Å². The van der Waals surface area contributed by atoms with E-state index in [4.69, 9.17) is 23.2 Å².